The van der Waals surface area contributed by atoms with Gasteiger partial charge in [0.15, 0.2) is 0 Å². The van der Waals surface area contributed by atoms with Gasteiger partial charge in [0.1, 0.15) is 5.15 Å². The molecule has 0 saturated carbocycles. The molecule has 90 valence electrons. The molecule has 2 heterocycles. The second-order valence-electron chi connectivity index (χ2n) is 4.13. The number of halogens is 1. The van der Waals surface area contributed by atoms with Crippen molar-refractivity contribution in [3.05, 3.63) is 16.4 Å². The molecule has 1 fully saturated rings. The van der Waals surface area contributed by atoms with Gasteiger partial charge in [0.05, 0.1) is 12.3 Å². The van der Waals surface area contributed by atoms with Gasteiger partial charge in [-0.25, -0.2) is 0 Å². The van der Waals surface area contributed by atoms with Gasteiger partial charge in [0.2, 0.25) is 0 Å². The Labute approximate surface area is 101 Å². The Morgan fingerprint density at radius 3 is 3.06 bits per heavy atom. The first kappa shape index (κ1) is 11.9. The summed E-state index contributed by atoms with van der Waals surface area (Å²) in [5, 5.41) is 8.59. The standard InChI is InChI=1S/C11H18ClN3O/c1-3-10-9(11(12)15(2)14-10)6-13-8-4-5-16-7-8/h8,13H,3-7H2,1-2H3. The highest BCUT2D eigenvalue weighted by Crippen LogP contribution is 2.20. The quantitative estimate of drug-likeness (QED) is 0.872. The largest absolute Gasteiger partial charge is 0.380 e. The van der Waals surface area contributed by atoms with Crippen molar-refractivity contribution in [2.24, 2.45) is 7.05 Å². The lowest BCUT2D eigenvalue weighted by atomic mass is 10.2. The Morgan fingerprint density at radius 1 is 1.62 bits per heavy atom. The molecular weight excluding hydrogens is 226 g/mol. The first-order valence-electron chi connectivity index (χ1n) is 5.73. The number of nitrogens with zero attached hydrogens (tertiary/aromatic N) is 2. The summed E-state index contributed by atoms with van der Waals surface area (Å²) in [5.41, 5.74) is 2.21. The maximum absolute atomic E-state index is 6.21. The van der Waals surface area contributed by atoms with Crippen LogP contribution in [0.3, 0.4) is 0 Å². The molecule has 2 rings (SSSR count). The predicted molar refractivity (Wildman–Crippen MR) is 63.7 cm³/mol. The maximum atomic E-state index is 6.21. The highest BCUT2D eigenvalue weighted by atomic mass is 35.5. The molecule has 0 radical (unpaired) electrons. The van der Waals surface area contributed by atoms with E-state index in [2.05, 4.69) is 17.3 Å². The molecule has 1 aliphatic heterocycles. The van der Waals surface area contributed by atoms with E-state index in [-0.39, 0.29) is 0 Å². The summed E-state index contributed by atoms with van der Waals surface area (Å²) in [6.07, 6.45) is 2.00. The number of aromatic nitrogens is 2. The number of aryl methyl sites for hydroxylation is 2. The zero-order valence-electron chi connectivity index (χ0n) is 9.79. The molecule has 1 N–H and O–H groups in total. The monoisotopic (exact) mass is 243 g/mol. The molecule has 1 unspecified atom stereocenters. The lowest BCUT2D eigenvalue weighted by Crippen LogP contribution is -2.28. The zero-order valence-corrected chi connectivity index (χ0v) is 10.5. The fourth-order valence-corrected chi connectivity index (χ4v) is 2.21. The van der Waals surface area contributed by atoms with Crippen LogP contribution in [0.25, 0.3) is 0 Å². The molecule has 1 aliphatic rings. The van der Waals surface area contributed by atoms with Gasteiger partial charge < -0.3 is 10.1 Å². The van der Waals surface area contributed by atoms with E-state index in [1.165, 1.54) is 0 Å². The summed E-state index contributed by atoms with van der Waals surface area (Å²) in [7, 11) is 1.88. The summed E-state index contributed by atoms with van der Waals surface area (Å²) in [4.78, 5) is 0. The topological polar surface area (TPSA) is 39.1 Å². The molecule has 0 amide bonds. The lowest BCUT2D eigenvalue weighted by molar-refractivity contribution is 0.190. The molecule has 0 aliphatic carbocycles. The van der Waals surface area contributed by atoms with E-state index in [4.69, 9.17) is 16.3 Å². The molecule has 1 atom stereocenters. The number of rotatable bonds is 4. The van der Waals surface area contributed by atoms with E-state index in [0.29, 0.717) is 6.04 Å². The SMILES string of the molecule is CCc1nn(C)c(Cl)c1CNC1CCOC1. The van der Waals surface area contributed by atoms with E-state index < -0.39 is 0 Å². The Morgan fingerprint density at radius 2 is 2.44 bits per heavy atom. The van der Waals surface area contributed by atoms with Gasteiger partial charge in [-0.05, 0) is 12.8 Å². The molecule has 16 heavy (non-hydrogen) atoms. The van der Waals surface area contributed by atoms with Crippen molar-refractivity contribution in [1.29, 1.82) is 0 Å². The Kier molecular flexibility index (Phi) is 3.84. The minimum Gasteiger partial charge on any atom is -0.380 e. The van der Waals surface area contributed by atoms with Crippen LogP contribution >= 0.6 is 11.6 Å². The van der Waals surface area contributed by atoms with Crippen molar-refractivity contribution in [3.63, 3.8) is 0 Å². The number of hydrogen-bond donors (Lipinski definition) is 1. The molecule has 0 spiro atoms. The average molecular weight is 244 g/mol. The second-order valence-corrected chi connectivity index (χ2v) is 4.49. The van der Waals surface area contributed by atoms with E-state index >= 15 is 0 Å². The minimum atomic E-state index is 0.459. The second kappa shape index (κ2) is 5.17. The lowest BCUT2D eigenvalue weighted by Gasteiger charge is -2.10. The van der Waals surface area contributed by atoms with Crippen molar-refractivity contribution in [1.82, 2.24) is 15.1 Å². The van der Waals surface area contributed by atoms with E-state index in [1.807, 2.05) is 7.05 Å². The van der Waals surface area contributed by atoms with Crippen LogP contribution in [0.1, 0.15) is 24.6 Å². The number of ether oxygens (including phenoxy) is 1. The third-order valence-electron chi connectivity index (χ3n) is 2.98. The van der Waals surface area contributed by atoms with E-state index in [9.17, 15) is 0 Å². The van der Waals surface area contributed by atoms with Gasteiger partial charge in [-0.3, -0.25) is 4.68 Å². The summed E-state index contributed by atoms with van der Waals surface area (Å²) in [6, 6.07) is 0.459. The summed E-state index contributed by atoms with van der Waals surface area (Å²) in [5.74, 6) is 0. The minimum absolute atomic E-state index is 0.459. The van der Waals surface area contributed by atoms with Crippen LogP contribution in [0.2, 0.25) is 5.15 Å². The first-order chi connectivity index (χ1) is 7.72. The van der Waals surface area contributed by atoms with Crippen molar-refractivity contribution < 1.29 is 4.74 Å². The average Bonchev–Trinajstić information content (AvgIpc) is 2.87. The van der Waals surface area contributed by atoms with Crippen LogP contribution in [0.4, 0.5) is 0 Å². The van der Waals surface area contributed by atoms with E-state index in [1.54, 1.807) is 4.68 Å². The molecule has 0 aromatic carbocycles. The molecule has 1 saturated heterocycles. The Hall–Kier alpha value is -0.580. The van der Waals surface area contributed by atoms with Gasteiger partial charge >= 0.3 is 0 Å². The third-order valence-corrected chi connectivity index (χ3v) is 3.46. The summed E-state index contributed by atoms with van der Waals surface area (Å²) in [6.45, 7) is 4.54. The normalized spacial score (nSPS) is 20.6. The fourth-order valence-electron chi connectivity index (χ4n) is 2.00. The van der Waals surface area contributed by atoms with Crippen LogP contribution in [-0.2, 0) is 24.8 Å². The van der Waals surface area contributed by atoms with Crippen LogP contribution in [0.15, 0.2) is 0 Å². The molecule has 1 aromatic heterocycles. The zero-order chi connectivity index (χ0) is 11.5. The van der Waals surface area contributed by atoms with Gasteiger partial charge in [-0.1, -0.05) is 18.5 Å². The molecule has 4 nitrogen and oxygen atoms in total. The molecule has 5 heteroatoms. The van der Waals surface area contributed by atoms with Gasteiger partial charge in [0, 0.05) is 31.8 Å². The number of hydrogen-bond acceptors (Lipinski definition) is 3. The third kappa shape index (κ3) is 2.39. The fraction of sp³-hybridized carbons (Fsp3) is 0.727. The van der Waals surface area contributed by atoms with Gasteiger partial charge in [-0.15, -0.1) is 0 Å². The highest BCUT2D eigenvalue weighted by Gasteiger charge is 2.18. The van der Waals surface area contributed by atoms with Gasteiger partial charge in [0.25, 0.3) is 0 Å². The Balaban J connectivity index is 2.01. The maximum Gasteiger partial charge on any atom is 0.131 e. The van der Waals surface area contributed by atoms with Crippen molar-refractivity contribution >= 4 is 11.6 Å². The van der Waals surface area contributed by atoms with E-state index in [0.717, 1.165) is 49.0 Å². The van der Waals surface area contributed by atoms with Crippen molar-refractivity contribution in [3.8, 4) is 0 Å². The predicted octanol–water partition coefficient (Wildman–Crippen LogP) is 1.51. The summed E-state index contributed by atoms with van der Waals surface area (Å²) >= 11 is 6.21. The smallest absolute Gasteiger partial charge is 0.131 e. The van der Waals surface area contributed by atoms with Crippen molar-refractivity contribution in [2.45, 2.75) is 32.4 Å². The molecular formula is C11H18ClN3O. The summed E-state index contributed by atoms with van der Waals surface area (Å²) < 4.78 is 7.06. The van der Waals surface area contributed by atoms with Crippen LogP contribution in [0.5, 0.6) is 0 Å². The molecule has 1 aromatic rings. The Bertz CT molecular complexity index is 358. The van der Waals surface area contributed by atoms with Crippen molar-refractivity contribution in [2.75, 3.05) is 13.2 Å². The van der Waals surface area contributed by atoms with Crippen LogP contribution in [0, 0.1) is 0 Å². The van der Waals surface area contributed by atoms with Crippen LogP contribution in [-0.4, -0.2) is 29.0 Å². The van der Waals surface area contributed by atoms with Crippen LogP contribution < -0.4 is 5.32 Å². The first-order valence-corrected chi connectivity index (χ1v) is 6.11. The molecule has 0 bridgehead atoms. The van der Waals surface area contributed by atoms with Gasteiger partial charge in [-0.2, -0.15) is 5.10 Å². The number of nitrogens with one attached hydrogen (secondary N) is 1. The highest BCUT2D eigenvalue weighted by molar-refractivity contribution is 6.30.